The lowest BCUT2D eigenvalue weighted by molar-refractivity contribution is 0.573. The van der Waals surface area contributed by atoms with E-state index in [1.54, 1.807) is 9.13 Å². The van der Waals surface area contributed by atoms with Gasteiger partial charge in [-0.05, 0) is 204 Å². The Hall–Kier alpha value is -14.6. The largest absolute Gasteiger partial charge is 0.456 e. The highest BCUT2D eigenvalue weighted by atomic mass is 16.3. The number of furan rings is 3. The van der Waals surface area contributed by atoms with Crippen molar-refractivity contribution < 1.29 is 35.2 Å². The van der Waals surface area contributed by atoms with Gasteiger partial charge in [-0.15, -0.1) is 0 Å². The fourth-order valence-electron chi connectivity index (χ4n) is 19.5. The van der Waals surface area contributed by atoms with Gasteiger partial charge in [-0.25, -0.2) is 0 Å². The number of rotatable bonds is 9. The average Bonchev–Trinajstić information content (AvgIpc) is 0.728. The van der Waals surface area contributed by atoms with Crippen LogP contribution in [0.15, 0.2) is 365 Å². The summed E-state index contributed by atoms with van der Waals surface area (Å²) < 4.78 is 179. The Bertz CT molecular complexity index is 8600. The third-order valence-electron chi connectivity index (χ3n) is 25.2. The normalized spacial score (nSPS) is 14.9. The van der Waals surface area contributed by atoms with E-state index in [-0.39, 0.29) is 55.0 Å². The lowest BCUT2D eigenvalue weighted by atomic mass is 9.33. The molecule has 2 aliphatic rings. The maximum atomic E-state index is 10.1. The monoisotopic (exact) mass is 1580 g/mol. The summed E-state index contributed by atoms with van der Waals surface area (Å²) in [6.07, 6.45) is 0. The Morgan fingerprint density at radius 3 is 1.08 bits per heavy atom. The van der Waals surface area contributed by atoms with Gasteiger partial charge in [0, 0.05) is 116 Å². The Kier molecular flexibility index (Phi) is 12.3. The molecule has 2 aliphatic heterocycles. The van der Waals surface area contributed by atoms with Crippen LogP contribution in [0, 0.1) is 0 Å². The smallest absolute Gasteiger partial charge is 0.252 e. The molecule has 0 bridgehead atoms. The zero-order chi connectivity index (χ0) is 95.8. The van der Waals surface area contributed by atoms with E-state index in [0.29, 0.717) is 84.1 Å². The summed E-state index contributed by atoms with van der Waals surface area (Å²) >= 11 is 0. The summed E-state index contributed by atoms with van der Waals surface area (Å²) in [5.41, 5.74) is 19.3. The maximum absolute atomic E-state index is 10.1. The van der Waals surface area contributed by atoms with Crippen molar-refractivity contribution in [3.05, 3.63) is 368 Å². The lowest BCUT2D eigenvalue weighted by Crippen LogP contribution is -2.61. The second kappa shape index (κ2) is 26.5. The SMILES string of the molecule is [2H]c1c([2H])c([2H])c2c(c1[2H])c1c([2H])c([2H])c([2H])c([2H])c1n2-c1ccc2c(c1)N(c1c(-c3ccccc3)cc(C(C)(C)C)cc1-c1cccc3oc4ccccc4c13)c1cc(-c3cc(C(C)(C)C)c4oc5ccccc5c4c3)cc3c1B2c1ccc(-n2c4c([2H])c([2H])c([2H])c([2H])c4c4c([2H])c([2H])c([2H])c([2H])c42)cc1N3c1c(-c2ccccc2)cc(C(C)(C)C)cc1-c1cccc2oc3ccccc3c12. The zero-order valence-corrected chi connectivity index (χ0v) is 68.3. The van der Waals surface area contributed by atoms with Gasteiger partial charge in [0.25, 0.3) is 6.71 Å². The highest BCUT2D eigenvalue weighted by Gasteiger charge is 2.47. The fourth-order valence-corrected chi connectivity index (χ4v) is 19.5. The number of para-hydroxylation sites is 7. The molecule has 0 radical (unpaired) electrons. The number of nitrogens with zero attached hydrogens (tertiary/aromatic N) is 4. The van der Waals surface area contributed by atoms with Crippen molar-refractivity contribution in [3.63, 3.8) is 0 Å². The summed E-state index contributed by atoms with van der Waals surface area (Å²) in [7, 11) is 0. The van der Waals surface area contributed by atoms with Gasteiger partial charge >= 0.3 is 0 Å². The van der Waals surface area contributed by atoms with E-state index < -0.39 is 120 Å². The Morgan fingerprint density at radius 1 is 0.279 bits per heavy atom. The summed E-state index contributed by atoms with van der Waals surface area (Å²) in [6, 6.07) is 78.5. The second-order valence-electron chi connectivity index (χ2n) is 35.5. The first-order valence-corrected chi connectivity index (χ1v) is 41.4. The number of aromatic nitrogens is 2. The predicted molar refractivity (Wildman–Crippen MR) is 514 cm³/mol. The number of hydrogen-bond acceptors (Lipinski definition) is 5. The number of fused-ring (bicyclic) bond motifs is 19. The lowest BCUT2D eigenvalue weighted by Gasteiger charge is -2.46. The summed E-state index contributed by atoms with van der Waals surface area (Å²) in [6.45, 7) is 18.9. The minimum absolute atomic E-state index is 0.0848. The van der Waals surface area contributed by atoms with Crippen molar-refractivity contribution >= 4 is 167 Å². The minimum Gasteiger partial charge on any atom is -0.456 e. The van der Waals surface area contributed by atoms with Crippen LogP contribution in [0.5, 0.6) is 0 Å². The quantitative estimate of drug-likeness (QED) is 0.135. The second-order valence-corrected chi connectivity index (χ2v) is 35.5. The fraction of sp³-hybridized carbons (Fsp3) is 0.105. The van der Waals surface area contributed by atoms with Crippen LogP contribution >= 0.6 is 0 Å². The Balaban J connectivity index is 0.957. The van der Waals surface area contributed by atoms with Crippen LogP contribution in [-0.4, -0.2) is 15.8 Å². The van der Waals surface area contributed by atoms with Crippen molar-refractivity contribution in [2.75, 3.05) is 9.80 Å². The molecule has 5 aromatic heterocycles. The Labute approximate surface area is 730 Å². The van der Waals surface area contributed by atoms with Gasteiger partial charge in [0.15, 0.2) is 0 Å². The Morgan fingerprint density at radius 2 is 0.656 bits per heavy atom. The first-order valence-electron chi connectivity index (χ1n) is 49.4. The van der Waals surface area contributed by atoms with Crippen LogP contribution in [0.25, 0.3) is 176 Å². The summed E-state index contributed by atoms with van der Waals surface area (Å²) in [5, 5.41) is 4.75. The average molecular weight is 1590 g/mol. The van der Waals surface area contributed by atoms with E-state index in [9.17, 15) is 21.9 Å². The summed E-state index contributed by atoms with van der Waals surface area (Å²) in [5.74, 6) is 0. The molecule has 122 heavy (non-hydrogen) atoms. The van der Waals surface area contributed by atoms with Crippen molar-refractivity contribution in [1.82, 2.24) is 9.13 Å². The molecule has 24 rings (SSSR count). The minimum atomic E-state index is -0.909. The maximum Gasteiger partial charge on any atom is 0.252 e. The highest BCUT2D eigenvalue weighted by Crippen LogP contribution is 2.58. The van der Waals surface area contributed by atoms with Gasteiger partial charge in [-0.2, -0.15) is 0 Å². The van der Waals surface area contributed by atoms with E-state index in [4.69, 9.17) is 13.3 Å². The third-order valence-corrected chi connectivity index (χ3v) is 25.2. The van der Waals surface area contributed by atoms with Crippen LogP contribution in [0.4, 0.5) is 34.1 Å². The molecule has 17 aromatic carbocycles. The van der Waals surface area contributed by atoms with Gasteiger partial charge in [0.1, 0.15) is 33.5 Å². The molecule has 8 heteroatoms. The van der Waals surface area contributed by atoms with Crippen LogP contribution in [0.2, 0.25) is 0 Å². The molecular formula is C114H85BN4O3. The molecule has 0 amide bonds. The third kappa shape index (κ3) is 10.8. The molecule has 0 atom stereocenters. The highest BCUT2D eigenvalue weighted by molar-refractivity contribution is 7.00. The number of benzene rings is 17. The first-order chi connectivity index (χ1) is 66.1. The molecule has 0 aliphatic carbocycles. The molecular weight excluding hydrogens is 1480 g/mol. The van der Waals surface area contributed by atoms with Crippen LogP contribution in [0.1, 0.15) is 101 Å². The number of anilines is 6. The molecule has 7 heterocycles. The van der Waals surface area contributed by atoms with Crippen LogP contribution < -0.4 is 26.2 Å². The molecule has 0 saturated carbocycles. The molecule has 582 valence electrons. The first kappa shape index (κ1) is 56.7. The predicted octanol–water partition coefficient (Wildman–Crippen LogP) is 29.9. The molecule has 0 saturated heterocycles. The zero-order valence-electron chi connectivity index (χ0n) is 84.3. The van der Waals surface area contributed by atoms with E-state index in [0.717, 1.165) is 105 Å². The van der Waals surface area contributed by atoms with Crippen molar-refractivity contribution in [3.8, 4) is 67.0 Å². The molecule has 22 aromatic rings. The molecule has 0 spiro atoms. The molecule has 0 unspecified atom stereocenters. The van der Waals surface area contributed by atoms with E-state index in [1.807, 2.05) is 152 Å². The molecule has 0 fully saturated rings. The van der Waals surface area contributed by atoms with E-state index >= 15 is 0 Å². The molecule has 7 nitrogen and oxygen atoms in total. The standard InChI is InChI=1S/C114H85BN4O3/c1-112(2,3)72-62-85(68-32-12-10-13-33-68)109(87(64-72)81-43-30-52-104-106(81)83-41-21-28-50-102(83)120-104)118-97-66-74(116-93-45-23-16-36-76(93)77-37-17-24-46-94(77)116)54-56-91(97)115-92-57-55-75(117-95-47-25-18-38-78(95)79-39-19-26-48-96(79)117)67-98(92)119(100-61-71(60-99(118)108(100)115)70-58-89-80-40-20-27-49-101(80)122-111(89)90(59-70)114(7,8)9)110-86(69-34-14-11-15-35-69)63-73(113(4,5)6)65-88(110)82-44-31-53-105-107(82)84-42-22-29-51-103(84)121-105/h10-67H,1-9H3/i16D,17D,18D,19D,23D,24D,25D,26D,36D,37D,38D,39D,45D,46D,47D,48D. The van der Waals surface area contributed by atoms with Crippen LogP contribution in [-0.2, 0) is 16.2 Å². The summed E-state index contributed by atoms with van der Waals surface area (Å²) in [4.78, 5) is 4.71. The number of hydrogen-bond donors (Lipinski definition) is 0. The van der Waals surface area contributed by atoms with Gasteiger partial charge < -0.3 is 32.2 Å². The van der Waals surface area contributed by atoms with Gasteiger partial charge in [0.05, 0.1) is 55.4 Å². The van der Waals surface area contributed by atoms with Gasteiger partial charge in [-0.1, -0.05) is 286 Å². The van der Waals surface area contributed by atoms with Crippen molar-refractivity contribution in [2.45, 2.75) is 78.6 Å². The molecule has 0 N–H and O–H groups in total. The van der Waals surface area contributed by atoms with E-state index in [1.165, 1.54) is 0 Å². The van der Waals surface area contributed by atoms with E-state index in [2.05, 4.69) is 175 Å². The van der Waals surface area contributed by atoms with Gasteiger partial charge in [0.2, 0.25) is 0 Å². The van der Waals surface area contributed by atoms with Crippen molar-refractivity contribution in [2.24, 2.45) is 0 Å². The van der Waals surface area contributed by atoms with Gasteiger partial charge in [-0.3, -0.25) is 0 Å². The topological polar surface area (TPSA) is 55.8 Å². The van der Waals surface area contributed by atoms with Crippen molar-refractivity contribution in [1.29, 1.82) is 0 Å². The van der Waals surface area contributed by atoms with Crippen LogP contribution in [0.3, 0.4) is 0 Å².